The third-order valence-corrected chi connectivity index (χ3v) is 5.25. The number of hydrogen-bond donors (Lipinski definition) is 0. The number of fused-ring (bicyclic) bond motifs is 1. The van der Waals surface area contributed by atoms with E-state index < -0.39 is 0 Å². The minimum atomic E-state index is 0.728. The molecule has 0 aliphatic heterocycles. The zero-order valence-corrected chi connectivity index (χ0v) is 17.4. The SMILES string of the molecule is Cc1nc(N(Cc2ccccc2)Cc2ccccc2)c2cnn(-c3ccccc3)c2n1. The number of anilines is 1. The topological polar surface area (TPSA) is 46.8 Å². The zero-order valence-electron chi connectivity index (χ0n) is 17.4. The zero-order chi connectivity index (χ0) is 21.0. The average Bonchev–Trinajstić information content (AvgIpc) is 3.24. The highest BCUT2D eigenvalue weighted by Crippen LogP contribution is 2.28. The Morgan fingerprint density at radius 3 is 1.84 bits per heavy atom. The molecule has 0 aliphatic rings. The Bertz CT molecular complexity index is 1240. The van der Waals surface area contributed by atoms with Crippen LogP contribution in [0.3, 0.4) is 0 Å². The van der Waals surface area contributed by atoms with Gasteiger partial charge in [0, 0.05) is 13.1 Å². The lowest BCUT2D eigenvalue weighted by Gasteiger charge is -2.25. The molecule has 0 amide bonds. The van der Waals surface area contributed by atoms with Crippen LogP contribution in [0.4, 0.5) is 5.82 Å². The Morgan fingerprint density at radius 1 is 0.710 bits per heavy atom. The number of para-hydroxylation sites is 1. The predicted molar refractivity (Wildman–Crippen MR) is 124 cm³/mol. The third kappa shape index (κ3) is 4.03. The lowest BCUT2D eigenvalue weighted by atomic mass is 10.1. The van der Waals surface area contributed by atoms with Crippen molar-refractivity contribution < 1.29 is 0 Å². The molecule has 2 heterocycles. The van der Waals surface area contributed by atoms with Crippen LogP contribution in [0, 0.1) is 6.92 Å². The van der Waals surface area contributed by atoms with E-state index in [9.17, 15) is 0 Å². The van der Waals surface area contributed by atoms with E-state index in [-0.39, 0.29) is 0 Å². The van der Waals surface area contributed by atoms with Gasteiger partial charge in [-0.15, -0.1) is 0 Å². The van der Waals surface area contributed by atoms with Crippen molar-refractivity contribution in [2.75, 3.05) is 4.90 Å². The molecular formula is C26H23N5. The molecule has 0 N–H and O–H groups in total. The van der Waals surface area contributed by atoms with Crippen molar-refractivity contribution in [3.8, 4) is 5.69 Å². The van der Waals surface area contributed by atoms with Crippen LogP contribution in [0.1, 0.15) is 17.0 Å². The molecule has 5 aromatic rings. The molecule has 0 radical (unpaired) electrons. The molecule has 0 spiro atoms. The van der Waals surface area contributed by atoms with E-state index >= 15 is 0 Å². The molecule has 2 aromatic heterocycles. The second-order valence-corrected chi connectivity index (χ2v) is 7.55. The Morgan fingerprint density at radius 2 is 1.26 bits per heavy atom. The van der Waals surface area contributed by atoms with E-state index in [1.165, 1.54) is 11.1 Å². The lowest BCUT2D eigenvalue weighted by molar-refractivity contribution is 0.781. The molecular weight excluding hydrogens is 382 g/mol. The lowest BCUT2D eigenvalue weighted by Crippen LogP contribution is -2.24. The van der Waals surface area contributed by atoms with Crippen molar-refractivity contribution in [1.82, 2.24) is 19.7 Å². The number of nitrogens with zero attached hydrogens (tertiary/aromatic N) is 5. The predicted octanol–water partition coefficient (Wildman–Crippen LogP) is 5.33. The molecule has 0 aliphatic carbocycles. The third-order valence-electron chi connectivity index (χ3n) is 5.25. The number of aromatic nitrogens is 4. The van der Waals surface area contributed by atoms with Gasteiger partial charge >= 0.3 is 0 Å². The molecule has 0 unspecified atom stereocenters. The van der Waals surface area contributed by atoms with Crippen molar-refractivity contribution in [3.05, 3.63) is 114 Å². The highest BCUT2D eigenvalue weighted by Gasteiger charge is 2.18. The van der Waals surface area contributed by atoms with Gasteiger partial charge in [0.25, 0.3) is 0 Å². The molecule has 0 bridgehead atoms. The normalized spacial score (nSPS) is 11.0. The first kappa shape index (κ1) is 19.0. The van der Waals surface area contributed by atoms with Crippen LogP contribution in [0.5, 0.6) is 0 Å². The minimum absolute atomic E-state index is 0.728. The largest absolute Gasteiger partial charge is 0.347 e. The smallest absolute Gasteiger partial charge is 0.168 e. The van der Waals surface area contributed by atoms with Crippen LogP contribution in [0.15, 0.2) is 97.2 Å². The number of benzene rings is 3. The van der Waals surface area contributed by atoms with Gasteiger partial charge in [0.2, 0.25) is 0 Å². The fourth-order valence-electron chi connectivity index (χ4n) is 3.81. The van der Waals surface area contributed by atoms with E-state index in [1.807, 2.05) is 60.3 Å². The second-order valence-electron chi connectivity index (χ2n) is 7.55. The van der Waals surface area contributed by atoms with E-state index in [1.54, 1.807) is 0 Å². The van der Waals surface area contributed by atoms with Crippen molar-refractivity contribution in [2.24, 2.45) is 0 Å². The molecule has 0 saturated carbocycles. The van der Waals surface area contributed by atoms with Crippen molar-refractivity contribution in [1.29, 1.82) is 0 Å². The number of aryl methyl sites for hydroxylation is 1. The first-order valence-corrected chi connectivity index (χ1v) is 10.4. The molecule has 3 aromatic carbocycles. The van der Waals surface area contributed by atoms with Crippen LogP contribution >= 0.6 is 0 Å². The van der Waals surface area contributed by atoms with E-state index in [0.717, 1.165) is 41.5 Å². The average molecular weight is 406 g/mol. The Hall–Kier alpha value is -3.99. The van der Waals surface area contributed by atoms with Gasteiger partial charge in [0.05, 0.1) is 17.3 Å². The highest BCUT2D eigenvalue weighted by atomic mass is 15.3. The molecule has 0 saturated heterocycles. The molecule has 5 nitrogen and oxygen atoms in total. The summed E-state index contributed by atoms with van der Waals surface area (Å²) in [5.41, 5.74) is 4.27. The van der Waals surface area contributed by atoms with Crippen molar-refractivity contribution in [3.63, 3.8) is 0 Å². The van der Waals surface area contributed by atoms with Gasteiger partial charge in [0.1, 0.15) is 11.6 Å². The summed E-state index contributed by atoms with van der Waals surface area (Å²) in [4.78, 5) is 11.9. The van der Waals surface area contributed by atoms with Crippen molar-refractivity contribution >= 4 is 16.9 Å². The quantitative estimate of drug-likeness (QED) is 0.383. The van der Waals surface area contributed by atoms with Gasteiger partial charge in [0.15, 0.2) is 5.65 Å². The van der Waals surface area contributed by atoms with Gasteiger partial charge in [-0.2, -0.15) is 5.10 Å². The summed E-state index contributed by atoms with van der Waals surface area (Å²) in [6.07, 6.45) is 1.88. The number of rotatable bonds is 6. The summed E-state index contributed by atoms with van der Waals surface area (Å²) in [5.74, 6) is 1.63. The maximum atomic E-state index is 4.86. The summed E-state index contributed by atoms with van der Waals surface area (Å²) in [5, 5.41) is 5.60. The van der Waals surface area contributed by atoms with Gasteiger partial charge in [-0.3, -0.25) is 0 Å². The summed E-state index contributed by atoms with van der Waals surface area (Å²) in [6, 6.07) is 31.1. The maximum absolute atomic E-state index is 4.86. The Labute approximate surface area is 181 Å². The monoisotopic (exact) mass is 405 g/mol. The summed E-state index contributed by atoms with van der Waals surface area (Å²) < 4.78 is 1.89. The molecule has 152 valence electrons. The van der Waals surface area contributed by atoms with E-state index in [2.05, 4.69) is 58.5 Å². The van der Waals surface area contributed by atoms with Crippen LogP contribution in [0.2, 0.25) is 0 Å². The fourth-order valence-corrected chi connectivity index (χ4v) is 3.81. The van der Waals surface area contributed by atoms with Gasteiger partial charge < -0.3 is 4.90 Å². The Kier molecular flexibility index (Phi) is 5.15. The Balaban J connectivity index is 1.63. The number of hydrogen-bond acceptors (Lipinski definition) is 4. The second kappa shape index (κ2) is 8.40. The van der Waals surface area contributed by atoms with Gasteiger partial charge in [-0.1, -0.05) is 78.9 Å². The minimum Gasteiger partial charge on any atom is -0.347 e. The van der Waals surface area contributed by atoms with Crippen LogP contribution < -0.4 is 4.90 Å². The molecule has 31 heavy (non-hydrogen) atoms. The first-order valence-electron chi connectivity index (χ1n) is 10.4. The fraction of sp³-hybridized carbons (Fsp3) is 0.115. The van der Waals surface area contributed by atoms with Crippen LogP contribution in [0.25, 0.3) is 16.7 Å². The van der Waals surface area contributed by atoms with Gasteiger partial charge in [-0.25, -0.2) is 14.6 Å². The van der Waals surface area contributed by atoms with E-state index in [0.29, 0.717) is 0 Å². The maximum Gasteiger partial charge on any atom is 0.168 e. The van der Waals surface area contributed by atoms with E-state index in [4.69, 9.17) is 9.97 Å². The highest BCUT2D eigenvalue weighted by molar-refractivity contribution is 5.88. The summed E-state index contributed by atoms with van der Waals surface area (Å²) >= 11 is 0. The summed E-state index contributed by atoms with van der Waals surface area (Å²) in [7, 11) is 0. The molecule has 0 atom stereocenters. The van der Waals surface area contributed by atoms with Crippen LogP contribution in [-0.4, -0.2) is 19.7 Å². The molecule has 0 fully saturated rings. The first-order chi connectivity index (χ1) is 15.3. The van der Waals surface area contributed by atoms with Crippen molar-refractivity contribution in [2.45, 2.75) is 20.0 Å². The molecule has 5 rings (SSSR count). The van der Waals surface area contributed by atoms with Crippen LogP contribution in [-0.2, 0) is 13.1 Å². The van der Waals surface area contributed by atoms with Gasteiger partial charge in [-0.05, 0) is 30.2 Å². The summed E-state index contributed by atoms with van der Waals surface area (Å²) in [6.45, 7) is 3.43. The standard InChI is InChI=1S/C26H23N5/c1-20-28-25(24-17-27-31(26(24)29-20)23-15-9-4-10-16-23)30(18-21-11-5-2-6-12-21)19-22-13-7-3-8-14-22/h2-17H,18-19H2,1H3. The molecule has 5 heteroatoms.